The van der Waals surface area contributed by atoms with Gasteiger partial charge in [0.2, 0.25) is 5.91 Å². The van der Waals surface area contributed by atoms with Gasteiger partial charge in [-0.1, -0.05) is 30.3 Å². The van der Waals surface area contributed by atoms with Crippen LogP contribution in [0.4, 0.5) is 0 Å². The van der Waals surface area contributed by atoms with E-state index >= 15 is 0 Å². The number of carbonyl (C=O) groups is 1. The van der Waals surface area contributed by atoms with Gasteiger partial charge in [0.15, 0.2) is 0 Å². The van der Waals surface area contributed by atoms with Gasteiger partial charge in [0.1, 0.15) is 0 Å². The molecule has 2 aliphatic rings. The van der Waals surface area contributed by atoms with Crippen molar-refractivity contribution in [2.75, 3.05) is 52.5 Å². The number of nitrogens with two attached hydrogens (primary N) is 1. The second-order valence-electron chi connectivity index (χ2n) is 7.37. The zero-order valence-corrected chi connectivity index (χ0v) is 19.3. The van der Waals surface area contributed by atoms with Crippen LogP contribution in [0.2, 0.25) is 0 Å². The van der Waals surface area contributed by atoms with Crippen molar-refractivity contribution in [2.45, 2.75) is 25.4 Å². The molecule has 9 heteroatoms. The lowest BCUT2D eigenvalue weighted by atomic mass is 9.92. The summed E-state index contributed by atoms with van der Waals surface area (Å²) >= 11 is 0. The summed E-state index contributed by atoms with van der Waals surface area (Å²) in [6, 6.07) is 10.2. The lowest BCUT2D eigenvalue weighted by Gasteiger charge is -2.35. The summed E-state index contributed by atoms with van der Waals surface area (Å²) in [5.41, 5.74) is 7.49. The third-order valence-corrected chi connectivity index (χ3v) is 5.52. The van der Waals surface area contributed by atoms with Crippen LogP contribution in [0.1, 0.15) is 18.4 Å². The molecule has 1 atom stereocenters. The van der Waals surface area contributed by atoms with Crippen LogP contribution in [-0.2, 0) is 16.1 Å². The molecule has 2 heterocycles. The maximum Gasteiger partial charge on any atom is 0.237 e. The number of hydrogen-bond acceptors (Lipinski definition) is 5. The Hall–Kier alpha value is -0.600. The molecule has 3 N–H and O–H groups in total. The van der Waals surface area contributed by atoms with E-state index in [4.69, 9.17) is 10.5 Å². The summed E-state index contributed by atoms with van der Waals surface area (Å²) in [5, 5.41) is 3.02. The quantitative estimate of drug-likeness (QED) is 0.638. The third-order valence-electron chi connectivity index (χ3n) is 5.52. The highest BCUT2D eigenvalue weighted by Gasteiger charge is 2.26. The first-order valence-electron chi connectivity index (χ1n) is 9.82. The summed E-state index contributed by atoms with van der Waals surface area (Å²) in [6.45, 7) is 8.28. The van der Waals surface area contributed by atoms with Crippen LogP contribution >= 0.6 is 37.2 Å². The van der Waals surface area contributed by atoms with Gasteiger partial charge in [-0.3, -0.25) is 14.6 Å². The Bertz CT molecular complexity index is 554. The normalized spacial score (nSPS) is 19.2. The SMILES string of the molecule is Cl.Cl.Cl.NC(C(=O)NCCN1CCN(Cc2ccccc2)CC1)C1CCOCC1. The Morgan fingerprint density at radius 3 is 2.24 bits per heavy atom. The number of halogens is 3. The minimum atomic E-state index is -0.401. The number of benzene rings is 1. The fourth-order valence-electron chi connectivity index (χ4n) is 3.76. The van der Waals surface area contributed by atoms with Gasteiger partial charge in [-0.05, 0) is 24.3 Å². The molecular formula is C20H35Cl3N4O2. The number of rotatable bonds is 7. The molecule has 2 fully saturated rings. The van der Waals surface area contributed by atoms with Gasteiger partial charge in [-0.2, -0.15) is 0 Å². The lowest BCUT2D eigenvalue weighted by Crippen LogP contribution is -2.51. The van der Waals surface area contributed by atoms with Crippen molar-refractivity contribution in [3.8, 4) is 0 Å². The number of nitrogens with zero attached hydrogens (tertiary/aromatic N) is 2. The second-order valence-corrected chi connectivity index (χ2v) is 7.37. The Kier molecular flexibility index (Phi) is 14.9. The van der Waals surface area contributed by atoms with Crippen molar-refractivity contribution in [1.82, 2.24) is 15.1 Å². The van der Waals surface area contributed by atoms with Gasteiger partial charge in [0.05, 0.1) is 6.04 Å². The van der Waals surface area contributed by atoms with Gasteiger partial charge in [-0.15, -0.1) is 37.2 Å². The Morgan fingerprint density at radius 1 is 1.03 bits per heavy atom. The molecule has 3 rings (SSSR count). The molecule has 2 saturated heterocycles. The zero-order chi connectivity index (χ0) is 18.2. The van der Waals surface area contributed by atoms with Crippen molar-refractivity contribution in [3.05, 3.63) is 35.9 Å². The fourth-order valence-corrected chi connectivity index (χ4v) is 3.76. The summed E-state index contributed by atoms with van der Waals surface area (Å²) in [6.07, 6.45) is 1.77. The first-order valence-corrected chi connectivity index (χ1v) is 9.82. The van der Waals surface area contributed by atoms with E-state index in [9.17, 15) is 4.79 Å². The highest BCUT2D eigenvalue weighted by Crippen LogP contribution is 2.17. The van der Waals surface area contributed by atoms with Crippen LogP contribution in [0.3, 0.4) is 0 Å². The number of amides is 1. The lowest BCUT2D eigenvalue weighted by molar-refractivity contribution is -0.124. The molecule has 0 saturated carbocycles. The van der Waals surface area contributed by atoms with Crippen LogP contribution < -0.4 is 11.1 Å². The number of piperazine rings is 1. The van der Waals surface area contributed by atoms with E-state index in [1.54, 1.807) is 0 Å². The van der Waals surface area contributed by atoms with Gasteiger partial charge in [-0.25, -0.2) is 0 Å². The number of ether oxygens (including phenoxy) is 1. The predicted molar refractivity (Wildman–Crippen MR) is 124 cm³/mol. The second kappa shape index (κ2) is 15.2. The molecule has 2 aliphatic heterocycles. The highest BCUT2D eigenvalue weighted by atomic mass is 35.5. The van der Waals surface area contributed by atoms with Gasteiger partial charge in [0, 0.05) is 59.0 Å². The van der Waals surface area contributed by atoms with E-state index in [1.807, 2.05) is 0 Å². The molecule has 0 spiro atoms. The molecule has 168 valence electrons. The topological polar surface area (TPSA) is 70.8 Å². The number of hydrogen-bond donors (Lipinski definition) is 2. The molecule has 1 aromatic rings. The van der Waals surface area contributed by atoms with Gasteiger partial charge in [0.25, 0.3) is 0 Å². The first kappa shape index (κ1) is 28.4. The van der Waals surface area contributed by atoms with E-state index in [0.29, 0.717) is 6.54 Å². The van der Waals surface area contributed by atoms with Crippen LogP contribution in [-0.4, -0.2) is 74.2 Å². The van der Waals surface area contributed by atoms with Crippen LogP contribution in [0, 0.1) is 5.92 Å². The molecule has 0 radical (unpaired) electrons. The largest absolute Gasteiger partial charge is 0.381 e. The Balaban J connectivity index is 0.00000261. The van der Waals surface area contributed by atoms with E-state index in [2.05, 4.69) is 45.4 Å². The Morgan fingerprint density at radius 2 is 1.62 bits per heavy atom. The minimum Gasteiger partial charge on any atom is -0.381 e. The molecule has 0 aromatic heterocycles. The molecule has 0 aliphatic carbocycles. The fraction of sp³-hybridized carbons (Fsp3) is 0.650. The molecule has 1 aromatic carbocycles. The van der Waals surface area contributed by atoms with Gasteiger partial charge >= 0.3 is 0 Å². The van der Waals surface area contributed by atoms with E-state index in [1.165, 1.54) is 5.56 Å². The van der Waals surface area contributed by atoms with Crippen molar-refractivity contribution in [1.29, 1.82) is 0 Å². The van der Waals surface area contributed by atoms with Crippen LogP contribution in [0.15, 0.2) is 30.3 Å². The summed E-state index contributed by atoms with van der Waals surface area (Å²) in [4.78, 5) is 17.1. The monoisotopic (exact) mass is 468 g/mol. The molecule has 0 bridgehead atoms. The Labute approximate surface area is 193 Å². The summed E-state index contributed by atoms with van der Waals surface area (Å²) in [5.74, 6) is 0.241. The van der Waals surface area contributed by atoms with Crippen molar-refractivity contribution in [3.63, 3.8) is 0 Å². The average Bonchev–Trinajstić information content (AvgIpc) is 2.70. The standard InChI is InChI=1S/C20H32N4O2.3ClH/c21-19(18-6-14-26-15-7-18)20(25)22-8-9-23-10-12-24(13-11-23)16-17-4-2-1-3-5-17;;;/h1-5,18-19H,6-16,21H2,(H,22,25);3*1H. The molecular weight excluding hydrogens is 435 g/mol. The third kappa shape index (κ3) is 9.39. The molecule has 6 nitrogen and oxygen atoms in total. The summed E-state index contributed by atoms with van der Waals surface area (Å²) < 4.78 is 5.34. The predicted octanol–water partition coefficient (Wildman–Crippen LogP) is 1.94. The molecule has 29 heavy (non-hydrogen) atoms. The zero-order valence-electron chi connectivity index (χ0n) is 16.8. The smallest absolute Gasteiger partial charge is 0.237 e. The maximum atomic E-state index is 12.2. The van der Waals surface area contributed by atoms with E-state index in [0.717, 1.165) is 65.3 Å². The number of carbonyl (C=O) groups excluding carboxylic acids is 1. The van der Waals surface area contributed by atoms with Crippen molar-refractivity contribution < 1.29 is 9.53 Å². The molecule has 1 amide bonds. The maximum absolute atomic E-state index is 12.2. The highest BCUT2D eigenvalue weighted by molar-refractivity contribution is 5.86. The minimum absolute atomic E-state index is 0. The van der Waals surface area contributed by atoms with Crippen molar-refractivity contribution >= 4 is 43.1 Å². The molecule has 1 unspecified atom stereocenters. The number of nitrogens with one attached hydrogen (secondary N) is 1. The first-order chi connectivity index (χ1) is 12.7. The van der Waals surface area contributed by atoms with Crippen molar-refractivity contribution in [2.24, 2.45) is 11.7 Å². The van der Waals surface area contributed by atoms with E-state index in [-0.39, 0.29) is 49.0 Å². The van der Waals surface area contributed by atoms with Crippen LogP contribution in [0.5, 0.6) is 0 Å². The average molecular weight is 470 g/mol. The summed E-state index contributed by atoms with van der Waals surface area (Å²) in [7, 11) is 0. The van der Waals surface area contributed by atoms with Gasteiger partial charge < -0.3 is 15.8 Å². The van der Waals surface area contributed by atoms with Crippen LogP contribution in [0.25, 0.3) is 0 Å². The van der Waals surface area contributed by atoms with E-state index < -0.39 is 6.04 Å².